The second-order valence-corrected chi connectivity index (χ2v) is 9.98. The molecule has 2 aliphatic rings. The summed E-state index contributed by atoms with van der Waals surface area (Å²) in [6.07, 6.45) is 9.65. The van der Waals surface area contributed by atoms with Gasteiger partial charge in [-0.3, -0.25) is 4.79 Å². The first-order chi connectivity index (χ1) is 17.5. The minimum Gasteiger partial charge on any atom is -0.434 e. The van der Waals surface area contributed by atoms with Crippen LogP contribution in [-0.2, 0) is 6.54 Å². The normalized spacial score (nSPS) is 16.5. The Morgan fingerprint density at radius 2 is 1.97 bits per heavy atom. The molecule has 1 aromatic carbocycles. The summed E-state index contributed by atoms with van der Waals surface area (Å²) >= 11 is 1.44. The van der Waals surface area contributed by atoms with Crippen LogP contribution in [0.15, 0.2) is 41.3 Å². The zero-order chi connectivity index (χ0) is 25.3. The van der Waals surface area contributed by atoms with Crippen molar-refractivity contribution in [3.05, 3.63) is 57.6 Å². The number of benzene rings is 1. The molecule has 0 unspecified atom stereocenters. The summed E-state index contributed by atoms with van der Waals surface area (Å²) in [5, 5.41) is 8.36. The van der Waals surface area contributed by atoms with E-state index >= 15 is 0 Å². The lowest BCUT2D eigenvalue weighted by atomic mass is 9.97. The van der Waals surface area contributed by atoms with Crippen molar-refractivity contribution in [1.29, 1.82) is 0 Å². The molecule has 1 saturated heterocycles. The monoisotopic (exact) mass is 518 g/mol. The Morgan fingerprint density at radius 3 is 2.72 bits per heavy atom. The summed E-state index contributed by atoms with van der Waals surface area (Å²) in [5.74, 6) is -0.129. The van der Waals surface area contributed by atoms with Gasteiger partial charge < -0.3 is 20.3 Å². The number of ether oxygens (including phenoxy) is 1. The van der Waals surface area contributed by atoms with Gasteiger partial charge >= 0.3 is 12.6 Å². The van der Waals surface area contributed by atoms with E-state index in [1.165, 1.54) is 35.8 Å². The highest BCUT2D eigenvalue weighted by molar-refractivity contribution is 7.09. The predicted molar refractivity (Wildman–Crippen MR) is 134 cm³/mol. The van der Waals surface area contributed by atoms with Crippen molar-refractivity contribution >= 4 is 23.3 Å². The molecular weight excluding hydrogens is 486 g/mol. The fourth-order valence-electron chi connectivity index (χ4n) is 4.61. The molecule has 0 bridgehead atoms. The summed E-state index contributed by atoms with van der Waals surface area (Å²) in [6.45, 7) is -0.893. The molecule has 194 valence electrons. The topological polar surface area (TPSA) is 83.6 Å². The van der Waals surface area contributed by atoms with E-state index in [-0.39, 0.29) is 30.2 Å². The van der Waals surface area contributed by atoms with E-state index in [0.717, 1.165) is 37.1 Å². The van der Waals surface area contributed by atoms with E-state index in [1.807, 2.05) is 4.90 Å². The van der Waals surface area contributed by atoms with E-state index in [9.17, 15) is 18.4 Å². The van der Waals surface area contributed by atoms with Crippen LogP contribution in [0.5, 0.6) is 5.75 Å². The summed E-state index contributed by atoms with van der Waals surface area (Å²) in [4.78, 5) is 31.5. The van der Waals surface area contributed by atoms with Crippen LogP contribution in [0.1, 0.15) is 71.9 Å². The number of para-hydroxylation sites is 1. The third-order valence-corrected chi connectivity index (χ3v) is 7.63. The number of rotatable bonds is 9. The maximum atomic E-state index is 12.6. The molecule has 4 rings (SSSR count). The van der Waals surface area contributed by atoms with E-state index in [1.54, 1.807) is 23.6 Å². The number of amides is 3. The van der Waals surface area contributed by atoms with Gasteiger partial charge in [0, 0.05) is 43.0 Å². The SMILES string of the molecule is O=C(NCc1ccccc1OC(F)F)c1csc(C2CCN(C(=O)NCCC3=CCCCC3)CC2)n1. The van der Waals surface area contributed by atoms with Crippen molar-refractivity contribution in [1.82, 2.24) is 20.5 Å². The summed E-state index contributed by atoms with van der Waals surface area (Å²) in [6, 6.07) is 6.35. The van der Waals surface area contributed by atoms with Gasteiger partial charge in [-0.15, -0.1) is 11.3 Å². The molecule has 1 aliphatic carbocycles. The Balaban J connectivity index is 1.21. The molecule has 1 aliphatic heterocycles. The van der Waals surface area contributed by atoms with Crippen LogP contribution in [0.4, 0.5) is 13.6 Å². The number of nitrogens with zero attached hydrogens (tertiary/aromatic N) is 2. The third kappa shape index (κ3) is 7.25. The number of likely N-dealkylation sites (tertiary alicyclic amines) is 1. The minimum absolute atomic E-state index is 0.0137. The highest BCUT2D eigenvalue weighted by atomic mass is 32.1. The van der Waals surface area contributed by atoms with Crippen LogP contribution in [0.2, 0.25) is 0 Å². The molecule has 1 aromatic heterocycles. The summed E-state index contributed by atoms with van der Waals surface area (Å²) < 4.78 is 29.7. The van der Waals surface area contributed by atoms with Gasteiger partial charge in [0.15, 0.2) is 0 Å². The Morgan fingerprint density at radius 1 is 1.17 bits per heavy atom. The van der Waals surface area contributed by atoms with E-state index < -0.39 is 6.61 Å². The maximum Gasteiger partial charge on any atom is 0.387 e. The van der Waals surface area contributed by atoms with Gasteiger partial charge in [0.2, 0.25) is 0 Å². The molecule has 0 saturated carbocycles. The van der Waals surface area contributed by atoms with Gasteiger partial charge in [-0.2, -0.15) is 8.78 Å². The number of carbonyl (C=O) groups is 2. The first-order valence-corrected chi connectivity index (χ1v) is 13.3. The molecule has 0 spiro atoms. The number of aromatic nitrogens is 1. The Hall–Kier alpha value is -3.01. The van der Waals surface area contributed by atoms with Crippen LogP contribution < -0.4 is 15.4 Å². The minimum atomic E-state index is -2.93. The van der Waals surface area contributed by atoms with Gasteiger partial charge in [-0.25, -0.2) is 9.78 Å². The van der Waals surface area contributed by atoms with Crippen molar-refractivity contribution in [2.24, 2.45) is 0 Å². The molecule has 2 N–H and O–H groups in total. The zero-order valence-corrected chi connectivity index (χ0v) is 21.0. The predicted octanol–water partition coefficient (Wildman–Crippen LogP) is 5.45. The quantitative estimate of drug-likeness (QED) is 0.432. The average molecular weight is 519 g/mol. The fraction of sp³-hybridized carbons (Fsp3) is 0.500. The number of thiazole rings is 1. The van der Waals surface area contributed by atoms with Gasteiger partial charge in [0.05, 0.1) is 5.01 Å². The Bertz CT molecular complexity index is 1070. The smallest absolute Gasteiger partial charge is 0.387 e. The van der Waals surface area contributed by atoms with Crippen LogP contribution >= 0.6 is 11.3 Å². The number of piperidine rings is 1. The maximum absolute atomic E-state index is 12.6. The van der Waals surface area contributed by atoms with Crippen LogP contribution in [0, 0.1) is 0 Å². The van der Waals surface area contributed by atoms with Crippen LogP contribution in [0.25, 0.3) is 0 Å². The molecule has 1 fully saturated rings. The van der Waals surface area contributed by atoms with E-state index in [0.29, 0.717) is 30.9 Å². The van der Waals surface area contributed by atoms with Gasteiger partial charge in [0.1, 0.15) is 11.4 Å². The van der Waals surface area contributed by atoms with Crippen molar-refractivity contribution in [3.8, 4) is 5.75 Å². The molecule has 3 amide bonds. The summed E-state index contributed by atoms with van der Waals surface area (Å²) in [7, 11) is 0. The lowest BCUT2D eigenvalue weighted by Crippen LogP contribution is -2.44. The Kier molecular flexibility index (Phi) is 9.27. The lowest BCUT2D eigenvalue weighted by molar-refractivity contribution is -0.0504. The molecule has 10 heteroatoms. The number of hydrogen-bond acceptors (Lipinski definition) is 5. The second kappa shape index (κ2) is 12.8. The number of allylic oxidation sites excluding steroid dienone is 1. The van der Waals surface area contributed by atoms with Crippen molar-refractivity contribution in [2.45, 2.75) is 64.0 Å². The van der Waals surface area contributed by atoms with Crippen molar-refractivity contribution in [3.63, 3.8) is 0 Å². The molecular formula is C26H32F2N4O3S. The number of alkyl halides is 2. The van der Waals surface area contributed by atoms with E-state index in [2.05, 4.69) is 26.4 Å². The fourth-order valence-corrected chi connectivity index (χ4v) is 5.58. The van der Waals surface area contributed by atoms with Crippen LogP contribution in [-0.4, -0.2) is 48.1 Å². The van der Waals surface area contributed by atoms with Crippen molar-refractivity contribution in [2.75, 3.05) is 19.6 Å². The first-order valence-electron chi connectivity index (χ1n) is 12.5. The Labute approximate surface area is 213 Å². The third-order valence-electron chi connectivity index (χ3n) is 6.62. The number of carbonyl (C=O) groups excluding carboxylic acids is 2. The highest BCUT2D eigenvalue weighted by Crippen LogP contribution is 2.30. The molecule has 0 atom stereocenters. The van der Waals surface area contributed by atoms with Gasteiger partial charge in [0.25, 0.3) is 5.91 Å². The molecule has 36 heavy (non-hydrogen) atoms. The molecule has 0 radical (unpaired) electrons. The highest BCUT2D eigenvalue weighted by Gasteiger charge is 2.26. The van der Waals surface area contributed by atoms with E-state index in [4.69, 9.17) is 0 Å². The summed E-state index contributed by atoms with van der Waals surface area (Å²) in [5.41, 5.74) is 2.22. The van der Waals surface area contributed by atoms with Crippen LogP contribution in [0.3, 0.4) is 0 Å². The standard InChI is InChI=1S/C26H32F2N4O3S/c27-25(28)35-22-9-5-4-8-20(22)16-30-23(33)21-17-36-24(31-21)19-11-14-32(15-12-19)26(34)29-13-10-18-6-2-1-3-7-18/h4-6,8-9,17,19,25H,1-3,7,10-16H2,(H,29,34)(H,30,33). The van der Waals surface area contributed by atoms with Crippen molar-refractivity contribution < 1.29 is 23.1 Å². The lowest BCUT2D eigenvalue weighted by Gasteiger charge is -2.31. The second-order valence-electron chi connectivity index (χ2n) is 9.09. The number of hydrogen-bond donors (Lipinski definition) is 2. The number of urea groups is 1. The number of halogens is 2. The first kappa shape index (κ1) is 26.1. The van der Waals surface area contributed by atoms with Gasteiger partial charge in [-0.05, 0) is 51.0 Å². The largest absolute Gasteiger partial charge is 0.434 e. The average Bonchev–Trinajstić information content (AvgIpc) is 3.39. The zero-order valence-electron chi connectivity index (χ0n) is 20.2. The molecule has 2 aromatic rings. The number of nitrogens with one attached hydrogen (secondary N) is 2. The van der Waals surface area contributed by atoms with Gasteiger partial charge in [-0.1, -0.05) is 29.8 Å². The molecule has 7 nitrogen and oxygen atoms in total. The molecule has 2 heterocycles.